The Hall–Kier alpha value is -2.67. The average Bonchev–Trinajstić information content (AvgIpc) is 2.69. The summed E-state index contributed by atoms with van der Waals surface area (Å²) >= 11 is 0. The van der Waals surface area contributed by atoms with Crippen molar-refractivity contribution in [1.29, 1.82) is 0 Å². The molecule has 0 saturated carbocycles. The van der Waals surface area contributed by atoms with Crippen LogP contribution in [0.1, 0.15) is 31.3 Å². The predicted molar refractivity (Wildman–Crippen MR) is 107 cm³/mol. The van der Waals surface area contributed by atoms with Crippen LogP contribution >= 0.6 is 0 Å². The van der Waals surface area contributed by atoms with Gasteiger partial charge in [-0.2, -0.15) is 0 Å². The van der Waals surface area contributed by atoms with Crippen LogP contribution in [-0.4, -0.2) is 59.6 Å². The molecule has 0 atom stereocenters. The Kier molecular flexibility index (Phi) is 6.24. The second-order valence-electron chi connectivity index (χ2n) is 6.78. The summed E-state index contributed by atoms with van der Waals surface area (Å²) in [7, 11) is 0. The minimum absolute atomic E-state index is 0.0236. The summed E-state index contributed by atoms with van der Waals surface area (Å²) in [5, 5.41) is 2.90. The van der Waals surface area contributed by atoms with E-state index in [2.05, 4.69) is 32.0 Å². The van der Waals surface area contributed by atoms with E-state index in [0.29, 0.717) is 23.1 Å². The van der Waals surface area contributed by atoms with Gasteiger partial charge in [-0.15, -0.1) is 0 Å². The van der Waals surface area contributed by atoms with Crippen LogP contribution in [0.15, 0.2) is 36.5 Å². The maximum atomic E-state index is 12.7. The summed E-state index contributed by atoms with van der Waals surface area (Å²) in [6, 6.07) is 9.04. The SMILES string of the molecule is CCN1CCN(c2nccc(C(=O)Nc3ccccc3OC(C)C)n2)CC1. The predicted octanol–water partition coefficient (Wildman–Crippen LogP) is 2.66. The number of aromatic nitrogens is 2. The molecule has 1 aliphatic heterocycles. The number of amides is 1. The fraction of sp³-hybridized carbons (Fsp3) is 0.450. The number of nitrogens with zero attached hydrogens (tertiary/aromatic N) is 4. The van der Waals surface area contributed by atoms with E-state index in [1.807, 2.05) is 38.1 Å². The molecule has 1 aromatic carbocycles. The van der Waals surface area contributed by atoms with Gasteiger partial charge in [0.1, 0.15) is 11.4 Å². The van der Waals surface area contributed by atoms with Crippen molar-refractivity contribution in [2.75, 3.05) is 42.9 Å². The molecule has 1 aromatic heterocycles. The van der Waals surface area contributed by atoms with Gasteiger partial charge in [0.15, 0.2) is 0 Å². The summed E-state index contributed by atoms with van der Waals surface area (Å²) in [5.41, 5.74) is 0.977. The molecule has 0 radical (unpaired) electrons. The zero-order valence-electron chi connectivity index (χ0n) is 16.2. The first-order valence-corrected chi connectivity index (χ1v) is 9.44. The van der Waals surface area contributed by atoms with Crippen LogP contribution in [0.2, 0.25) is 0 Å². The van der Waals surface area contributed by atoms with Crippen LogP contribution in [0.5, 0.6) is 5.75 Å². The number of benzene rings is 1. The number of para-hydroxylation sites is 2. The first kappa shape index (κ1) is 19.1. The largest absolute Gasteiger partial charge is 0.489 e. The Morgan fingerprint density at radius 3 is 2.63 bits per heavy atom. The molecule has 0 unspecified atom stereocenters. The van der Waals surface area contributed by atoms with Crippen molar-refractivity contribution in [3.63, 3.8) is 0 Å². The summed E-state index contributed by atoms with van der Waals surface area (Å²) in [5.74, 6) is 0.974. The van der Waals surface area contributed by atoms with E-state index in [1.165, 1.54) is 0 Å². The molecule has 7 nitrogen and oxygen atoms in total. The van der Waals surface area contributed by atoms with Crippen molar-refractivity contribution < 1.29 is 9.53 Å². The maximum Gasteiger partial charge on any atom is 0.274 e. The second kappa shape index (κ2) is 8.81. The number of rotatable bonds is 6. The topological polar surface area (TPSA) is 70.6 Å². The van der Waals surface area contributed by atoms with Crippen molar-refractivity contribution >= 4 is 17.5 Å². The highest BCUT2D eigenvalue weighted by Crippen LogP contribution is 2.25. The highest BCUT2D eigenvalue weighted by Gasteiger charge is 2.19. The molecule has 0 spiro atoms. The number of anilines is 2. The monoisotopic (exact) mass is 369 g/mol. The Morgan fingerprint density at radius 1 is 1.19 bits per heavy atom. The molecule has 2 heterocycles. The molecule has 1 aliphatic rings. The van der Waals surface area contributed by atoms with Crippen molar-refractivity contribution in [3.8, 4) is 5.75 Å². The Morgan fingerprint density at radius 2 is 1.93 bits per heavy atom. The molecule has 0 aliphatic carbocycles. The Bertz CT molecular complexity index is 772. The van der Waals surface area contributed by atoms with E-state index >= 15 is 0 Å². The van der Waals surface area contributed by atoms with Crippen LogP contribution in [0.25, 0.3) is 0 Å². The van der Waals surface area contributed by atoms with Gasteiger partial charge in [0.05, 0.1) is 11.8 Å². The highest BCUT2D eigenvalue weighted by molar-refractivity contribution is 6.03. The van der Waals surface area contributed by atoms with Gasteiger partial charge in [0, 0.05) is 32.4 Å². The number of hydrogen-bond donors (Lipinski definition) is 1. The van der Waals surface area contributed by atoms with E-state index in [9.17, 15) is 4.79 Å². The van der Waals surface area contributed by atoms with Gasteiger partial charge < -0.3 is 19.9 Å². The van der Waals surface area contributed by atoms with E-state index in [4.69, 9.17) is 4.74 Å². The minimum Gasteiger partial charge on any atom is -0.489 e. The lowest BCUT2D eigenvalue weighted by molar-refractivity contribution is 0.102. The Labute approximate surface area is 160 Å². The van der Waals surface area contributed by atoms with E-state index in [0.717, 1.165) is 32.7 Å². The van der Waals surface area contributed by atoms with Gasteiger partial charge in [-0.1, -0.05) is 19.1 Å². The fourth-order valence-corrected chi connectivity index (χ4v) is 3.00. The van der Waals surface area contributed by atoms with Crippen molar-refractivity contribution in [3.05, 3.63) is 42.2 Å². The van der Waals surface area contributed by atoms with Gasteiger partial charge >= 0.3 is 0 Å². The minimum atomic E-state index is -0.273. The first-order valence-electron chi connectivity index (χ1n) is 9.44. The second-order valence-corrected chi connectivity index (χ2v) is 6.78. The molecule has 1 N–H and O–H groups in total. The normalized spacial score (nSPS) is 15.0. The third-order valence-corrected chi connectivity index (χ3v) is 4.48. The number of piperazine rings is 1. The standard InChI is InChI=1S/C20H27N5O2/c1-4-24-11-13-25(14-12-24)20-21-10-9-17(23-20)19(26)22-16-7-5-6-8-18(16)27-15(2)3/h5-10,15H,4,11-14H2,1-3H3,(H,22,26). The third-order valence-electron chi connectivity index (χ3n) is 4.48. The lowest BCUT2D eigenvalue weighted by atomic mass is 10.2. The lowest BCUT2D eigenvalue weighted by Gasteiger charge is -2.34. The van der Waals surface area contributed by atoms with Gasteiger partial charge in [-0.3, -0.25) is 4.79 Å². The smallest absolute Gasteiger partial charge is 0.274 e. The molecule has 3 rings (SSSR count). The van der Waals surface area contributed by atoms with E-state index < -0.39 is 0 Å². The molecular formula is C20H27N5O2. The number of hydrogen-bond acceptors (Lipinski definition) is 6. The quantitative estimate of drug-likeness (QED) is 0.844. The number of ether oxygens (including phenoxy) is 1. The molecule has 144 valence electrons. The fourth-order valence-electron chi connectivity index (χ4n) is 3.00. The molecule has 0 bridgehead atoms. The summed E-state index contributed by atoms with van der Waals surface area (Å²) in [6.07, 6.45) is 1.66. The third kappa shape index (κ3) is 4.95. The molecule has 1 amide bonds. The number of carbonyl (C=O) groups excluding carboxylic acids is 1. The molecule has 1 saturated heterocycles. The van der Waals surface area contributed by atoms with Gasteiger partial charge in [-0.05, 0) is 38.6 Å². The van der Waals surface area contributed by atoms with Gasteiger partial charge in [0.25, 0.3) is 5.91 Å². The van der Waals surface area contributed by atoms with Crippen molar-refractivity contribution in [2.24, 2.45) is 0 Å². The van der Waals surface area contributed by atoms with Crippen LogP contribution in [0.4, 0.5) is 11.6 Å². The van der Waals surface area contributed by atoms with Crippen LogP contribution in [0.3, 0.4) is 0 Å². The molecule has 7 heteroatoms. The summed E-state index contributed by atoms with van der Waals surface area (Å²) in [4.78, 5) is 26.0. The van der Waals surface area contributed by atoms with Crippen LogP contribution < -0.4 is 15.0 Å². The molecular weight excluding hydrogens is 342 g/mol. The zero-order valence-corrected chi connectivity index (χ0v) is 16.2. The van der Waals surface area contributed by atoms with Crippen molar-refractivity contribution in [2.45, 2.75) is 26.9 Å². The number of carbonyl (C=O) groups is 1. The molecule has 27 heavy (non-hydrogen) atoms. The van der Waals surface area contributed by atoms with Crippen LogP contribution in [-0.2, 0) is 0 Å². The van der Waals surface area contributed by atoms with E-state index in [1.54, 1.807) is 12.3 Å². The summed E-state index contributed by atoms with van der Waals surface area (Å²) in [6.45, 7) is 10.8. The average molecular weight is 369 g/mol. The first-order chi connectivity index (χ1) is 13.1. The lowest BCUT2D eigenvalue weighted by Crippen LogP contribution is -2.46. The molecule has 2 aromatic rings. The Balaban J connectivity index is 1.71. The van der Waals surface area contributed by atoms with Gasteiger partial charge in [-0.25, -0.2) is 9.97 Å². The maximum absolute atomic E-state index is 12.7. The number of nitrogens with one attached hydrogen (secondary N) is 1. The summed E-state index contributed by atoms with van der Waals surface area (Å²) < 4.78 is 5.76. The van der Waals surface area contributed by atoms with E-state index in [-0.39, 0.29) is 12.0 Å². The number of likely N-dealkylation sites (N-methyl/N-ethyl adjacent to an activating group) is 1. The van der Waals surface area contributed by atoms with Crippen LogP contribution in [0, 0.1) is 0 Å². The van der Waals surface area contributed by atoms with Crippen molar-refractivity contribution in [1.82, 2.24) is 14.9 Å². The zero-order chi connectivity index (χ0) is 19.2. The molecule has 1 fully saturated rings. The van der Waals surface area contributed by atoms with Gasteiger partial charge in [0.2, 0.25) is 5.95 Å². The highest BCUT2D eigenvalue weighted by atomic mass is 16.5.